The van der Waals surface area contributed by atoms with Crippen molar-refractivity contribution < 1.29 is 9.47 Å². The largest absolute Gasteiger partial charge is 0.497 e. The van der Waals surface area contributed by atoms with Gasteiger partial charge in [0.15, 0.2) is 0 Å². The zero-order chi connectivity index (χ0) is 26.2. The summed E-state index contributed by atoms with van der Waals surface area (Å²) < 4.78 is 13.1. The van der Waals surface area contributed by atoms with Gasteiger partial charge in [-0.1, -0.05) is 13.8 Å². The molecular formula is C29H37N5O2S. The number of benzene rings is 2. The van der Waals surface area contributed by atoms with Gasteiger partial charge in [0.2, 0.25) is 0 Å². The number of ether oxygens (including phenoxy) is 2. The van der Waals surface area contributed by atoms with Gasteiger partial charge >= 0.3 is 0 Å². The Bertz CT molecular complexity index is 1280. The smallest absolute Gasteiger partial charge is 0.124 e. The van der Waals surface area contributed by atoms with Gasteiger partial charge in [0.05, 0.1) is 25.9 Å². The maximum atomic E-state index is 5.55. The van der Waals surface area contributed by atoms with Crippen molar-refractivity contribution in [2.45, 2.75) is 32.9 Å². The molecular weight excluding hydrogens is 482 g/mol. The van der Waals surface area contributed by atoms with Gasteiger partial charge in [0.25, 0.3) is 0 Å². The summed E-state index contributed by atoms with van der Waals surface area (Å²) in [5.74, 6) is 2.66. The van der Waals surface area contributed by atoms with Crippen molar-refractivity contribution >= 4 is 34.0 Å². The minimum Gasteiger partial charge on any atom is -0.497 e. The van der Waals surface area contributed by atoms with Crippen LogP contribution in [-0.2, 0) is 6.54 Å². The molecule has 0 saturated carbocycles. The molecule has 0 aliphatic carbocycles. The van der Waals surface area contributed by atoms with Gasteiger partial charge in [-0.25, -0.2) is 0 Å². The third-order valence-corrected chi connectivity index (χ3v) is 6.91. The lowest BCUT2D eigenvalue weighted by Gasteiger charge is -2.27. The molecule has 0 aliphatic heterocycles. The Balaban J connectivity index is 1.68. The van der Waals surface area contributed by atoms with Crippen LogP contribution in [0.25, 0.3) is 22.0 Å². The first-order chi connectivity index (χ1) is 18.0. The number of rotatable bonds is 13. The summed E-state index contributed by atoms with van der Waals surface area (Å²) in [6, 6.07) is 15.0. The van der Waals surface area contributed by atoms with E-state index in [1.165, 1.54) is 0 Å². The minimum atomic E-state index is 0.409. The predicted molar refractivity (Wildman–Crippen MR) is 156 cm³/mol. The molecule has 37 heavy (non-hydrogen) atoms. The fourth-order valence-electron chi connectivity index (χ4n) is 4.27. The molecule has 2 heterocycles. The first kappa shape index (κ1) is 26.8. The number of pyridine rings is 1. The molecule has 0 saturated heterocycles. The molecule has 0 spiro atoms. The Labute approximate surface area is 224 Å². The third kappa shape index (κ3) is 6.96. The van der Waals surface area contributed by atoms with Gasteiger partial charge in [-0.3, -0.25) is 9.67 Å². The molecule has 2 aromatic heterocycles. The summed E-state index contributed by atoms with van der Waals surface area (Å²) in [5, 5.41) is 9.17. The molecule has 196 valence electrons. The lowest BCUT2D eigenvalue weighted by Crippen LogP contribution is -2.32. The number of nitrogens with one attached hydrogen (secondary N) is 1. The average molecular weight is 520 g/mol. The van der Waals surface area contributed by atoms with Crippen LogP contribution in [0.5, 0.6) is 11.5 Å². The lowest BCUT2D eigenvalue weighted by molar-refractivity contribution is 0.394. The summed E-state index contributed by atoms with van der Waals surface area (Å²) in [6.07, 6.45) is 9.22. The summed E-state index contributed by atoms with van der Waals surface area (Å²) >= 11 is 1.86. The summed E-state index contributed by atoms with van der Waals surface area (Å²) in [4.78, 5) is 7.03. The number of aromatic nitrogens is 3. The van der Waals surface area contributed by atoms with Crippen LogP contribution < -0.4 is 19.7 Å². The van der Waals surface area contributed by atoms with E-state index in [1.54, 1.807) is 14.2 Å². The first-order valence-corrected chi connectivity index (χ1v) is 14.1. The molecule has 0 unspecified atom stereocenters. The minimum absolute atomic E-state index is 0.409. The molecule has 0 radical (unpaired) electrons. The number of hydrogen-bond donors (Lipinski definition) is 1. The first-order valence-electron chi connectivity index (χ1n) is 12.7. The number of nitrogens with zero attached hydrogens (tertiary/aromatic N) is 4. The topological polar surface area (TPSA) is 64.4 Å². The second-order valence-corrected chi connectivity index (χ2v) is 10.3. The SMILES string of the molecule is COc1cc(OC)cc(N(CCNC(C)C)c2ccc3ncc(-c4cnn(CCCSC)c4)cc3c2)c1. The van der Waals surface area contributed by atoms with Crippen LogP contribution in [0.2, 0.25) is 0 Å². The Hall–Kier alpha value is -3.23. The van der Waals surface area contributed by atoms with Crippen LogP contribution in [0.15, 0.2) is 61.1 Å². The highest BCUT2D eigenvalue weighted by Gasteiger charge is 2.14. The van der Waals surface area contributed by atoms with E-state index in [1.807, 2.05) is 47.0 Å². The van der Waals surface area contributed by atoms with Crippen molar-refractivity contribution in [3.05, 3.63) is 61.1 Å². The summed E-state index contributed by atoms with van der Waals surface area (Å²) in [5.41, 5.74) is 5.21. The number of anilines is 2. The van der Waals surface area contributed by atoms with E-state index < -0.39 is 0 Å². The van der Waals surface area contributed by atoms with Crippen LogP contribution in [0.1, 0.15) is 20.3 Å². The highest BCUT2D eigenvalue weighted by atomic mass is 32.2. The summed E-state index contributed by atoms with van der Waals surface area (Å²) in [6.45, 7) is 6.87. The highest BCUT2D eigenvalue weighted by molar-refractivity contribution is 7.98. The number of aryl methyl sites for hydroxylation is 1. The van der Waals surface area contributed by atoms with E-state index in [0.717, 1.165) is 76.7 Å². The van der Waals surface area contributed by atoms with E-state index >= 15 is 0 Å². The van der Waals surface area contributed by atoms with Gasteiger partial charge in [0.1, 0.15) is 11.5 Å². The normalized spacial score (nSPS) is 11.3. The Morgan fingerprint density at radius 3 is 2.46 bits per heavy atom. The van der Waals surface area contributed by atoms with E-state index in [4.69, 9.17) is 14.5 Å². The molecule has 4 aromatic rings. The van der Waals surface area contributed by atoms with Gasteiger partial charge in [-0.2, -0.15) is 16.9 Å². The molecule has 4 rings (SSSR count). The van der Waals surface area contributed by atoms with E-state index in [0.29, 0.717) is 6.04 Å². The van der Waals surface area contributed by atoms with Crippen LogP contribution >= 0.6 is 11.8 Å². The van der Waals surface area contributed by atoms with Gasteiger partial charge in [-0.05, 0) is 42.7 Å². The van der Waals surface area contributed by atoms with Crippen LogP contribution in [0.4, 0.5) is 11.4 Å². The molecule has 0 aliphatic rings. The molecule has 1 N–H and O–H groups in total. The van der Waals surface area contributed by atoms with Gasteiger partial charge < -0.3 is 19.7 Å². The monoisotopic (exact) mass is 519 g/mol. The standard InChI is InChI=1S/C29H37N5O2S/c1-21(2)30-9-11-34(26-15-27(35-3)17-28(16-26)36-4)25-7-8-29-22(14-25)13-23(18-31-29)24-19-32-33(20-24)10-6-12-37-5/h7-8,13-21,30H,6,9-12H2,1-5H3. The Morgan fingerprint density at radius 1 is 0.973 bits per heavy atom. The van der Waals surface area contributed by atoms with Crippen molar-refractivity contribution in [2.24, 2.45) is 0 Å². The van der Waals surface area contributed by atoms with Crippen LogP contribution in [-0.4, -0.2) is 60.1 Å². The fourth-order valence-corrected chi connectivity index (χ4v) is 4.69. The van der Waals surface area contributed by atoms with Crippen molar-refractivity contribution in [3.8, 4) is 22.6 Å². The van der Waals surface area contributed by atoms with Crippen molar-refractivity contribution in [2.75, 3.05) is 44.2 Å². The number of thioether (sulfide) groups is 1. The predicted octanol–water partition coefficient (Wildman–Crippen LogP) is 6.00. The van der Waals surface area contributed by atoms with Crippen molar-refractivity contribution in [3.63, 3.8) is 0 Å². The zero-order valence-corrected chi connectivity index (χ0v) is 23.2. The van der Waals surface area contributed by atoms with E-state index in [2.05, 4.69) is 65.9 Å². The molecule has 0 atom stereocenters. The molecule has 8 heteroatoms. The highest BCUT2D eigenvalue weighted by Crippen LogP contribution is 2.34. The van der Waals surface area contributed by atoms with Gasteiger partial charge in [0, 0.05) is 84.2 Å². The molecule has 0 fully saturated rings. The average Bonchev–Trinajstić information content (AvgIpc) is 3.39. The van der Waals surface area contributed by atoms with Gasteiger partial charge in [-0.15, -0.1) is 0 Å². The molecule has 7 nitrogen and oxygen atoms in total. The zero-order valence-electron chi connectivity index (χ0n) is 22.4. The molecule has 0 bridgehead atoms. The lowest BCUT2D eigenvalue weighted by atomic mass is 10.1. The number of methoxy groups -OCH3 is 2. The van der Waals surface area contributed by atoms with E-state index in [-0.39, 0.29) is 0 Å². The van der Waals surface area contributed by atoms with Crippen LogP contribution in [0.3, 0.4) is 0 Å². The van der Waals surface area contributed by atoms with E-state index in [9.17, 15) is 0 Å². The fraction of sp³-hybridized carbons (Fsp3) is 0.379. The van der Waals surface area contributed by atoms with Crippen molar-refractivity contribution in [1.82, 2.24) is 20.1 Å². The Kier molecular flexibility index (Phi) is 9.30. The Morgan fingerprint density at radius 2 is 1.76 bits per heavy atom. The summed E-state index contributed by atoms with van der Waals surface area (Å²) in [7, 11) is 3.36. The van der Waals surface area contributed by atoms with Crippen LogP contribution in [0, 0.1) is 0 Å². The number of fused-ring (bicyclic) bond motifs is 1. The quantitative estimate of drug-likeness (QED) is 0.217. The molecule has 2 aromatic carbocycles. The second kappa shape index (κ2) is 12.8. The maximum absolute atomic E-state index is 5.55. The number of hydrogen-bond acceptors (Lipinski definition) is 7. The third-order valence-electron chi connectivity index (χ3n) is 6.21. The second-order valence-electron chi connectivity index (χ2n) is 9.27. The maximum Gasteiger partial charge on any atom is 0.124 e. The molecule has 0 amide bonds. The van der Waals surface area contributed by atoms with Crippen molar-refractivity contribution in [1.29, 1.82) is 0 Å².